The van der Waals surface area contributed by atoms with Gasteiger partial charge in [0.2, 0.25) is 0 Å². The zero-order chi connectivity index (χ0) is 13.9. The first-order valence-corrected chi connectivity index (χ1v) is 6.76. The van der Waals surface area contributed by atoms with E-state index in [0.717, 1.165) is 12.8 Å². The molecular formula is C13H25F3N2. The maximum absolute atomic E-state index is 12.6. The molecule has 1 aliphatic rings. The Morgan fingerprint density at radius 2 is 1.83 bits per heavy atom. The molecule has 2 nitrogen and oxygen atoms in total. The second-order valence-corrected chi connectivity index (χ2v) is 5.62. The van der Waals surface area contributed by atoms with Crippen LogP contribution in [0.3, 0.4) is 0 Å². The minimum Gasteiger partial charge on any atom is -0.315 e. The van der Waals surface area contributed by atoms with Crippen LogP contribution in [0.1, 0.15) is 33.6 Å². The van der Waals surface area contributed by atoms with Gasteiger partial charge < -0.3 is 5.32 Å². The van der Waals surface area contributed by atoms with Gasteiger partial charge in [-0.05, 0) is 38.3 Å². The van der Waals surface area contributed by atoms with Crippen molar-refractivity contribution in [3.05, 3.63) is 0 Å². The molecule has 4 atom stereocenters. The lowest BCUT2D eigenvalue weighted by atomic mass is 9.76. The normalized spacial score (nSPS) is 34.0. The minimum absolute atomic E-state index is 0.0159. The summed E-state index contributed by atoms with van der Waals surface area (Å²) in [6.07, 6.45) is -2.14. The van der Waals surface area contributed by atoms with Crippen molar-refractivity contribution in [2.75, 3.05) is 20.1 Å². The number of halogens is 3. The Balaban J connectivity index is 2.80. The SMILES string of the molecule is CCN(CC(F)(F)F)C1C(C)CC(C)CC1NC. The highest BCUT2D eigenvalue weighted by atomic mass is 19.4. The van der Waals surface area contributed by atoms with Crippen LogP contribution in [0.25, 0.3) is 0 Å². The lowest BCUT2D eigenvalue weighted by Gasteiger charge is -2.45. The maximum Gasteiger partial charge on any atom is 0.401 e. The predicted molar refractivity (Wildman–Crippen MR) is 67.5 cm³/mol. The molecule has 1 aliphatic carbocycles. The van der Waals surface area contributed by atoms with Gasteiger partial charge in [0.25, 0.3) is 0 Å². The molecule has 1 fully saturated rings. The van der Waals surface area contributed by atoms with Gasteiger partial charge in [-0.25, -0.2) is 0 Å². The number of nitrogens with one attached hydrogen (secondary N) is 1. The van der Waals surface area contributed by atoms with Gasteiger partial charge in [0.1, 0.15) is 0 Å². The zero-order valence-corrected chi connectivity index (χ0v) is 11.7. The van der Waals surface area contributed by atoms with Crippen LogP contribution in [0.15, 0.2) is 0 Å². The van der Waals surface area contributed by atoms with Crippen LogP contribution >= 0.6 is 0 Å². The molecule has 0 amide bonds. The molecule has 108 valence electrons. The van der Waals surface area contributed by atoms with E-state index < -0.39 is 12.7 Å². The van der Waals surface area contributed by atoms with E-state index in [2.05, 4.69) is 19.2 Å². The third-order valence-electron chi connectivity index (χ3n) is 4.01. The second kappa shape index (κ2) is 6.24. The molecule has 0 spiro atoms. The van der Waals surface area contributed by atoms with Crippen molar-refractivity contribution in [1.82, 2.24) is 10.2 Å². The summed E-state index contributed by atoms with van der Waals surface area (Å²) in [5.74, 6) is 0.881. The number of hydrogen-bond donors (Lipinski definition) is 1. The van der Waals surface area contributed by atoms with E-state index in [0.29, 0.717) is 18.4 Å². The van der Waals surface area contributed by atoms with Crippen LogP contribution in [-0.4, -0.2) is 43.3 Å². The summed E-state index contributed by atoms with van der Waals surface area (Å²) in [5.41, 5.74) is 0. The van der Waals surface area contributed by atoms with Gasteiger partial charge in [0.15, 0.2) is 0 Å². The van der Waals surface area contributed by atoms with Gasteiger partial charge in [0.05, 0.1) is 6.54 Å². The summed E-state index contributed by atoms with van der Waals surface area (Å²) >= 11 is 0. The van der Waals surface area contributed by atoms with Crippen molar-refractivity contribution in [1.29, 1.82) is 0 Å². The van der Waals surface area contributed by atoms with E-state index in [1.54, 1.807) is 4.90 Å². The molecule has 0 aromatic heterocycles. The summed E-state index contributed by atoms with van der Waals surface area (Å²) in [4.78, 5) is 1.58. The fourth-order valence-corrected chi connectivity index (χ4v) is 3.40. The molecule has 1 rings (SSSR count). The average molecular weight is 266 g/mol. The Morgan fingerprint density at radius 3 is 2.28 bits per heavy atom. The molecule has 4 unspecified atom stereocenters. The third-order valence-corrected chi connectivity index (χ3v) is 4.01. The molecule has 0 aliphatic heterocycles. The Hall–Kier alpha value is -0.290. The Kier molecular flexibility index (Phi) is 5.46. The average Bonchev–Trinajstić information content (AvgIpc) is 2.24. The molecule has 18 heavy (non-hydrogen) atoms. The van der Waals surface area contributed by atoms with Gasteiger partial charge in [-0.2, -0.15) is 13.2 Å². The first-order chi connectivity index (χ1) is 8.28. The number of hydrogen-bond acceptors (Lipinski definition) is 2. The van der Waals surface area contributed by atoms with Crippen LogP contribution in [0.2, 0.25) is 0 Å². The molecule has 0 radical (unpaired) electrons. The van der Waals surface area contributed by atoms with Gasteiger partial charge >= 0.3 is 6.18 Å². The monoisotopic (exact) mass is 266 g/mol. The highest BCUT2D eigenvalue weighted by Gasteiger charge is 2.40. The lowest BCUT2D eigenvalue weighted by Crippen LogP contribution is -2.57. The first kappa shape index (κ1) is 15.8. The van der Waals surface area contributed by atoms with Gasteiger partial charge in [0, 0.05) is 12.1 Å². The minimum atomic E-state index is -4.11. The Labute approximate surface area is 108 Å². The Bertz CT molecular complexity index is 255. The van der Waals surface area contributed by atoms with Crippen molar-refractivity contribution in [2.45, 2.75) is 51.9 Å². The first-order valence-electron chi connectivity index (χ1n) is 6.76. The number of alkyl halides is 3. The van der Waals surface area contributed by atoms with Crippen LogP contribution in [-0.2, 0) is 0 Å². The smallest absolute Gasteiger partial charge is 0.315 e. The molecule has 1 saturated carbocycles. The highest BCUT2D eigenvalue weighted by molar-refractivity contribution is 4.93. The molecule has 0 heterocycles. The fourth-order valence-electron chi connectivity index (χ4n) is 3.40. The predicted octanol–water partition coefficient (Wildman–Crippen LogP) is 2.89. The van der Waals surface area contributed by atoms with Gasteiger partial charge in [-0.3, -0.25) is 4.90 Å². The number of likely N-dealkylation sites (N-methyl/N-ethyl adjacent to an activating group) is 2. The van der Waals surface area contributed by atoms with Crippen molar-refractivity contribution in [3.8, 4) is 0 Å². The van der Waals surface area contributed by atoms with Crippen LogP contribution in [0, 0.1) is 11.8 Å². The quantitative estimate of drug-likeness (QED) is 0.841. The molecule has 0 saturated heterocycles. The zero-order valence-electron chi connectivity index (χ0n) is 11.7. The summed E-state index contributed by atoms with van der Waals surface area (Å²) in [7, 11) is 1.85. The van der Waals surface area contributed by atoms with Gasteiger partial charge in [-0.1, -0.05) is 20.8 Å². The summed E-state index contributed by atoms with van der Waals surface area (Å²) in [5, 5.41) is 3.21. The van der Waals surface area contributed by atoms with Crippen molar-refractivity contribution < 1.29 is 13.2 Å². The summed E-state index contributed by atoms with van der Waals surface area (Å²) in [6, 6.07) is 0.142. The highest BCUT2D eigenvalue weighted by Crippen LogP contribution is 2.33. The second-order valence-electron chi connectivity index (χ2n) is 5.62. The number of nitrogens with zero attached hydrogens (tertiary/aromatic N) is 1. The van der Waals surface area contributed by atoms with Crippen LogP contribution < -0.4 is 5.32 Å². The third kappa shape index (κ3) is 4.12. The lowest BCUT2D eigenvalue weighted by molar-refractivity contribution is -0.155. The van der Waals surface area contributed by atoms with E-state index in [1.807, 2.05) is 14.0 Å². The van der Waals surface area contributed by atoms with E-state index in [-0.39, 0.29) is 12.1 Å². The van der Waals surface area contributed by atoms with Gasteiger partial charge in [-0.15, -0.1) is 0 Å². The van der Waals surface area contributed by atoms with Crippen LogP contribution in [0.4, 0.5) is 13.2 Å². The summed E-state index contributed by atoms with van der Waals surface area (Å²) < 4.78 is 37.9. The molecule has 0 aromatic rings. The molecule has 0 bridgehead atoms. The largest absolute Gasteiger partial charge is 0.401 e. The van der Waals surface area contributed by atoms with Crippen molar-refractivity contribution in [2.24, 2.45) is 11.8 Å². The number of rotatable bonds is 4. The van der Waals surface area contributed by atoms with Crippen LogP contribution in [0.5, 0.6) is 0 Å². The van der Waals surface area contributed by atoms with E-state index in [1.165, 1.54) is 0 Å². The Morgan fingerprint density at radius 1 is 1.22 bits per heavy atom. The molecule has 0 aromatic carbocycles. The van der Waals surface area contributed by atoms with Crippen molar-refractivity contribution in [3.63, 3.8) is 0 Å². The summed E-state index contributed by atoms with van der Waals surface area (Å²) in [6.45, 7) is 5.70. The fraction of sp³-hybridized carbons (Fsp3) is 1.00. The topological polar surface area (TPSA) is 15.3 Å². The van der Waals surface area contributed by atoms with E-state index in [9.17, 15) is 13.2 Å². The van der Waals surface area contributed by atoms with E-state index in [4.69, 9.17) is 0 Å². The van der Waals surface area contributed by atoms with Crippen molar-refractivity contribution >= 4 is 0 Å². The molecular weight excluding hydrogens is 241 g/mol. The standard InChI is InChI=1S/C13H25F3N2/c1-5-18(8-13(14,15)16)12-10(3)6-9(2)7-11(12)17-4/h9-12,17H,5-8H2,1-4H3. The molecule has 5 heteroatoms. The maximum atomic E-state index is 12.6. The molecule has 1 N–H and O–H groups in total. The van der Waals surface area contributed by atoms with E-state index >= 15 is 0 Å².